The van der Waals surface area contributed by atoms with Crippen molar-refractivity contribution in [2.75, 3.05) is 0 Å². The standard InChI is InChI=1S/C7H4F3NO2/c1-2-4(12)5-6(7(8,9)10)13-3-11-5/h2-3H,1H2. The Bertz CT molecular complexity index is 340. The van der Waals surface area contributed by atoms with Gasteiger partial charge in [0.25, 0.3) is 0 Å². The fourth-order valence-corrected chi connectivity index (χ4v) is 0.719. The summed E-state index contributed by atoms with van der Waals surface area (Å²) in [4.78, 5) is 13.9. The highest BCUT2D eigenvalue weighted by Gasteiger charge is 2.39. The van der Waals surface area contributed by atoms with Crippen molar-refractivity contribution in [2.24, 2.45) is 0 Å². The zero-order chi connectivity index (χ0) is 10.1. The summed E-state index contributed by atoms with van der Waals surface area (Å²) in [6, 6.07) is 0. The van der Waals surface area contributed by atoms with Crippen LogP contribution in [0.3, 0.4) is 0 Å². The molecule has 0 atom stereocenters. The molecule has 0 bridgehead atoms. The molecular formula is C7H4F3NO2. The smallest absolute Gasteiger partial charge is 0.438 e. The van der Waals surface area contributed by atoms with Crippen LogP contribution in [0.4, 0.5) is 13.2 Å². The van der Waals surface area contributed by atoms with Crippen molar-refractivity contribution >= 4 is 5.78 Å². The molecule has 0 aliphatic rings. The highest BCUT2D eigenvalue weighted by atomic mass is 19.4. The van der Waals surface area contributed by atoms with E-state index in [2.05, 4.69) is 16.0 Å². The summed E-state index contributed by atoms with van der Waals surface area (Å²) >= 11 is 0. The van der Waals surface area contributed by atoms with Crippen LogP contribution in [0, 0.1) is 0 Å². The maximum atomic E-state index is 12.1. The van der Waals surface area contributed by atoms with Gasteiger partial charge in [0.15, 0.2) is 12.1 Å². The molecule has 0 aromatic carbocycles. The van der Waals surface area contributed by atoms with Crippen LogP contribution in [-0.4, -0.2) is 10.8 Å². The Hall–Kier alpha value is -1.59. The molecule has 0 saturated carbocycles. The Morgan fingerprint density at radius 2 is 2.23 bits per heavy atom. The minimum atomic E-state index is -4.70. The zero-order valence-corrected chi connectivity index (χ0v) is 6.26. The molecule has 1 heterocycles. The summed E-state index contributed by atoms with van der Waals surface area (Å²) in [5.74, 6) is -2.31. The average Bonchev–Trinajstić information content (AvgIpc) is 2.49. The average molecular weight is 191 g/mol. The molecule has 0 N–H and O–H groups in total. The van der Waals surface area contributed by atoms with Crippen LogP contribution in [0.2, 0.25) is 0 Å². The Kier molecular flexibility index (Phi) is 2.22. The van der Waals surface area contributed by atoms with E-state index in [0.717, 1.165) is 6.08 Å². The summed E-state index contributed by atoms with van der Waals surface area (Å²) in [6.07, 6.45) is -3.39. The molecule has 0 amide bonds. The van der Waals surface area contributed by atoms with Crippen LogP contribution in [0.1, 0.15) is 16.2 Å². The Labute approximate surface area is 70.9 Å². The van der Waals surface area contributed by atoms with E-state index in [4.69, 9.17) is 0 Å². The van der Waals surface area contributed by atoms with Crippen molar-refractivity contribution in [3.05, 3.63) is 30.5 Å². The van der Waals surface area contributed by atoms with Crippen LogP contribution in [0.5, 0.6) is 0 Å². The van der Waals surface area contributed by atoms with E-state index in [-0.39, 0.29) is 0 Å². The predicted octanol–water partition coefficient (Wildman–Crippen LogP) is 2.06. The molecule has 1 aromatic rings. The van der Waals surface area contributed by atoms with E-state index < -0.39 is 23.4 Å². The third kappa shape index (κ3) is 1.77. The number of hydrogen-bond donors (Lipinski definition) is 0. The SMILES string of the molecule is C=CC(=O)c1ncoc1C(F)(F)F. The van der Waals surface area contributed by atoms with Gasteiger partial charge < -0.3 is 4.42 Å². The van der Waals surface area contributed by atoms with Gasteiger partial charge in [-0.25, -0.2) is 4.98 Å². The number of oxazole rings is 1. The minimum Gasteiger partial charge on any atom is -0.438 e. The molecule has 1 aromatic heterocycles. The van der Waals surface area contributed by atoms with Crippen molar-refractivity contribution in [1.82, 2.24) is 4.98 Å². The number of aromatic nitrogens is 1. The molecule has 13 heavy (non-hydrogen) atoms. The second-order valence-electron chi connectivity index (χ2n) is 2.10. The third-order valence-electron chi connectivity index (χ3n) is 1.24. The Morgan fingerprint density at radius 1 is 1.62 bits per heavy atom. The second kappa shape index (κ2) is 3.04. The number of halogens is 3. The number of ketones is 1. The van der Waals surface area contributed by atoms with Gasteiger partial charge in [0.05, 0.1) is 0 Å². The van der Waals surface area contributed by atoms with Crippen LogP contribution in [0.15, 0.2) is 23.5 Å². The van der Waals surface area contributed by atoms with E-state index in [1.165, 1.54) is 0 Å². The number of allylic oxidation sites excluding steroid dienone is 1. The molecule has 0 saturated heterocycles. The fourth-order valence-electron chi connectivity index (χ4n) is 0.719. The lowest BCUT2D eigenvalue weighted by Crippen LogP contribution is -2.10. The number of alkyl halides is 3. The molecule has 70 valence electrons. The largest absolute Gasteiger partial charge is 0.452 e. The molecule has 0 aliphatic heterocycles. The van der Waals surface area contributed by atoms with Gasteiger partial charge in [-0.15, -0.1) is 0 Å². The lowest BCUT2D eigenvalue weighted by molar-refractivity contribution is -0.153. The topological polar surface area (TPSA) is 43.1 Å². The summed E-state index contributed by atoms with van der Waals surface area (Å²) in [6.45, 7) is 3.04. The Morgan fingerprint density at radius 3 is 2.69 bits per heavy atom. The van der Waals surface area contributed by atoms with Crippen molar-refractivity contribution in [3.8, 4) is 0 Å². The highest BCUT2D eigenvalue weighted by molar-refractivity contribution is 6.03. The fraction of sp³-hybridized carbons (Fsp3) is 0.143. The van der Waals surface area contributed by atoms with Crippen molar-refractivity contribution in [3.63, 3.8) is 0 Å². The van der Waals surface area contributed by atoms with Gasteiger partial charge in [0.1, 0.15) is 0 Å². The van der Waals surface area contributed by atoms with E-state index in [0.29, 0.717) is 6.39 Å². The van der Waals surface area contributed by atoms with E-state index >= 15 is 0 Å². The number of nitrogens with zero attached hydrogens (tertiary/aromatic N) is 1. The van der Waals surface area contributed by atoms with Crippen molar-refractivity contribution < 1.29 is 22.4 Å². The van der Waals surface area contributed by atoms with Crippen LogP contribution in [-0.2, 0) is 6.18 Å². The van der Waals surface area contributed by atoms with Gasteiger partial charge >= 0.3 is 6.18 Å². The molecular weight excluding hydrogens is 187 g/mol. The maximum absolute atomic E-state index is 12.1. The first-order valence-corrected chi connectivity index (χ1v) is 3.14. The third-order valence-corrected chi connectivity index (χ3v) is 1.24. The van der Waals surface area contributed by atoms with Gasteiger partial charge in [-0.3, -0.25) is 4.79 Å². The maximum Gasteiger partial charge on any atom is 0.452 e. The quantitative estimate of drug-likeness (QED) is 0.530. The monoisotopic (exact) mass is 191 g/mol. The van der Waals surface area contributed by atoms with Crippen molar-refractivity contribution in [2.45, 2.75) is 6.18 Å². The highest BCUT2D eigenvalue weighted by Crippen LogP contribution is 2.31. The molecule has 0 radical (unpaired) electrons. The van der Waals surface area contributed by atoms with E-state index in [1.807, 2.05) is 0 Å². The first-order valence-electron chi connectivity index (χ1n) is 3.14. The van der Waals surface area contributed by atoms with Gasteiger partial charge in [0.2, 0.25) is 11.5 Å². The van der Waals surface area contributed by atoms with Crippen LogP contribution >= 0.6 is 0 Å². The molecule has 0 aliphatic carbocycles. The summed E-state index contributed by atoms with van der Waals surface area (Å²) in [7, 11) is 0. The van der Waals surface area contributed by atoms with Crippen molar-refractivity contribution in [1.29, 1.82) is 0 Å². The molecule has 0 unspecified atom stereocenters. The first kappa shape index (κ1) is 9.50. The van der Waals surface area contributed by atoms with Gasteiger partial charge in [-0.1, -0.05) is 6.58 Å². The van der Waals surface area contributed by atoms with Gasteiger partial charge in [0, 0.05) is 0 Å². The summed E-state index contributed by atoms with van der Waals surface area (Å²) in [5, 5.41) is 0. The zero-order valence-electron chi connectivity index (χ0n) is 6.26. The van der Waals surface area contributed by atoms with Crippen LogP contribution in [0.25, 0.3) is 0 Å². The minimum absolute atomic E-state index is 0.569. The Balaban J connectivity index is 3.17. The van der Waals surface area contributed by atoms with E-state index in [1.54, 1.807) is 0 Å². The molecule has 0 fully saturated rings. The van der Waals surface area contributed by atoms with Gasteiger partial charge in [-0.05, 0) is 6.08 Å². The predicted molar refractivity (Wildman–Crippen MR) is 36.0 cm³/mol. The summed E-state index contributed by atoms with van der Waals surface area (Å²) in [5.41, 5.74) is -0.762. The number of carbonyl (C=O) groups excluding carboxylic acids is 1. The lowest BCUT2D eigenvalue weighted by atomic mass is 10.2. The molecule has 0 spiro atoms. The number of hydrogen-bond acceptors (Lipinski definition) is 3. The van der Waals surface area contributed by atoms with Gasteiger partial charge in [-0.2, -0.15) is 13.2 Å². The summed E-state index contributed by atoms with van der Waals surface area (Å²) < 4.78 is 40.2. The second-order valence-corrected chi connectivity index (χ2v) is 2.10. The molecule has 3 nitrogen and oxygen atoms in total. The molecule has 1 rings (SSSR count). The van der Waals surface area contributed by atoms with E-state index in [9.17, 15) is 18.0 Å². The number of carbonyl (C=O) groups is 1. The normalized spacial score (nSPS) is 11.3. The first-order chi connectivity index (χ1) is 5.96. The van der Waals surface area contributed by atoms with Crippen LogP contribution < -0.4 is 0 Å². The lowest BCUT2D eigenvalue weighted by Gasteiger charge is -2.01. The molecule has 6 heteroatoms. The number of rotatable bonds is 2.